The van der Waals surface area contributed by atoms with Crippen molar-refractivity contribution in [3.63, 3.8) is 0 Å². The number of amides is 1. The molecular formula is C17H18N2O. The summed E-state index contributed by atoms with van der Waals surface area (Å²) in [5, 5.41) is 4.40. The SMILES string of the molecule is O=C(NC1C2C3CCC(C3)C12)c1cccc2cc[nH]c12. The van der Waals surface area contributed by atoms with Gasteiger partial charge < -0.3 is 10.3 Å². The Morgan fingerprint density at radius 1 is 1.15 bits per heavy atom. The fourth-order valence-electron chi connectivity index (χ4n) is 5.02. The van der Waals surface area contributed by atoms with Crippen LogP contribution in [0, 0.1) is 23.7 Å². The van der Waals surface area contributed by atoms with Gasteiger partial charge in [-0.15, -0.1) is 0 Å². The zero-order valence-corrected chi connectivity index (χ0v) is 11.3. The predicted molar refractivity (Wildman–Crippen MR) is 77.4 cm³/mol. The van der Waals surface area contributed by atoms with Crippen molar-refractivity contribution in [2.45, 2.75) is 25.3 Å². The van der Waals surface area contributed by atoms with Crippen LogP contribution < -0.4 is 5.32 Å². The highest BCUT2D eigenvalue weighted by molar-refractivity contribution is 6.05. The van der Waals surface area contributed by atoms with E-state index in [9.17, 15) is 4.79 Å². The van der Waals surface area contributed by atoms with Gasteiger partial charge in [0.2, 0.25) is 0 Å². The number of fused-ring (bicyclic) bond motifs is 6. The van der Waals surface area contributed by atoms with E-state index >= 15 is 0 Å². The first-order valence-corrected chi connectivity index (χ1v) is 7.70. The summed E-state index contributed by atoms with van der Waals surface area (Å²) >= 11 is 0. The van der Waals surface area contributed by atoms with E-state index in [0.29, 0.717) is 6.04 Å². The molecule has 3 aliphatic carbocycles. The zero-order chi connectivity index (χ0) is 13.3. The molecule has 102 valence electrons. The van der Waals surface area contributed by atoms with E-state index in [1.807, 2.05) is 30.5 Å². The Labute approximate surface area is 117 Å². The molecule has 0 aliphatic heterocycles. The summed E-state index contributed by atoms with van der Waals surface area (Å²) < 4.78 is 0. The van der Waals surface area contributed by atoms with Gasteiger partial charge in [0.25, 0.3) is 5.91 Å². The van der Waals surface area contributed by atoms with E-state index in [1.165, 1.54) is 19.3 Å². The fourth-order valence-corrected chi connectivity index (χ4v) is 5.02. The molecule has 2 N–H and O–H groups in total. The number of nitrogens with one attached hydrogen (secondary N) is 2. The highest BCUT2D eigenvalue weighted by Crippen LogP contribution is 2.65. The van der Waals surface area contributed by atoms with Crippen LogP contribution in [0.1, 0.15) is 29.6 Å². The standard InChI is InChI=1S/C17H18N2O/c20-17(12-3-1-2-9-6-7-18-15(9)12)19-16-13-10-4-5-11(8-10)14(13)16/h1-3,6-7,10-11,13-14,16,18H,4-5,8H2,(H,19,20). The van der Waals surface area contributed by atoms with Crippen molar-refractivity contribution in [3.05, 3.63) is 36.0 Å². The third-order valence-corrected chi connectivity index (χ3v) is 5.86. The van der Waals surface area contributed by atoms with Gasteiger partial charge in [-0.2, -0.15) is 0 Å². The predicted octanol–water partition coefficient (Wildman–Crippen LogP) is 2.94. The van der Waals surface area contributed by atoms with Crippen molar-refractivity contribution in [1.29, 1.82) is 0 Å². The summed E-state index contributed by atoms with van der Waals surface area (Å²) in [5.74, 6) is 3.48. The first-order chi connectivity index (χ1) is 9.83. The fraction of sp³-hybridized carbons (Fsp3) is 0.471. The van der Waals surface area contributed by atoms with E-state index in [2.05, 4.69) is 10.3 Å². The molecule has 3 aliphatic rings. The maximum absolute atomic E-state index is 12.5. The van der Waals surface area contributed by atoms with Crippen LogP contribution in [0.3, 0.4) is 0 Å². The molecule has 3 saturated carbocycles. The molecular weight excluding hydrogens is 248 g/mol. The maximum Gasteiger partial charge on any atom is 0.253 e. The lowest BCUT2D eigenvalue weighted by Gasteiger charge is -2.11. The summed E-state index contributed by atoms with van der Waals surface area (Å²) in [4.78, 5) is 15.7. The first-order valence-electron chi connectivity index (χ1n) is 7.70. The van der Waals surface area contributed by atoms with Crippen LogP contribution >= 0.6 is 0 Å². The number of hydrogen-bond donors (Lipinski definition) is 2. The van der Waals surface area contributed by atoms with Crippen LogP contribution in [0.25, 0.3) is 10.9 Å². The van der Waals surface area contributed by atoms with Gasteiger partial charge in [0.05, 0.1) is 11.1 Å². The molecule has 1 amide bonds. The summed E-state index contributed by atoms with van der Waals surface area (Å²) in [5.41, 5.74) is 1.74. The molecule has 1 aromatic carbocycles. The third kappa shape index (κ3) is 1.33. The van der Waals surface area contributed by atoms with Crippen molar-refractivity contribution >= 4 is 16.8 Å². The molecule has 0 spiro atoms. The van der Waals surface area contributed by atoms with Crippen LogP contribution in [0.5, 0.6) is 0 Å². The van der Waals surface area contributed by atoms with Crippen molar-refractivity contribution in [3.8, 4) is 0 Å². The maximum atomic E-state index is 12.5. The Kier molecular flexibility index (Phi) is 2.00. The molecule has 20 heavy (non-hydrogen) atoms. The zero-order valence-electron chi connectivity index (χ0n) is 11.3. The number of aromatic nitrogens is 1. The second kappa shape index (κ2) is 3.66. The molecule has 2 bridgehead atoms. The van der Waals surface area contributed by atoms with Crippen LogP contribution in [0.2, 0.25) is 0 Å². The van der Waals surface area contributed by atoms with Crippen LogP contribution in [0.4, 0.5) is 0 Å². The first kappa shape index (κ1) is 11.0. The van der Waals surface area contributed by atoms with Gasteiger partial charge in [-0.3, -0.25) is 4.79 Å². The topological polar surface area (TPSA) is 44.9 Å². The largest absolute Gasteiger partial charge is 0.361 e. The number of benzene rings is 1. The van der Waals surface area contributed by atoms with Crippen molar-refractivity contribution in [2.75, 3.05) is 0 Å². The summed E-state index contributed by atoms with van der Waals surface area (Å²) in [6, 6.07) is 8.38. The Morgan fingerprint density at radius 2 is 1.95 bits per heavy atom. The number of rotatable bonds is 2. The molecule has 5 rings (SSSR count). The van der Waals surface area contributed by atoms with Gasteiger partial charge in [-0.1, -0.05) is 12.1 Å². The van der Waals surface area contributed by atoms with E-state index in [0.717, 1.165) is 40.1 Å². The summed E-state index contributed by atoms with van der Waals surface area (Å²) in [6.07, 6.45) is 6.11. The minimum Gasteiger partial charge on any atom is -0.361 e. The van der Waals surface area contributed by atoms with E-state index in [4.69, 9.17) is 0 Å². The second-order valence-corrected chi connectivity index (χ2v) is 6.73. The Morgan fingerprint density at radius 3 is 2.75 bits per heavy atom. The Hall–Kier alpha value is -1.77. The smallest absolute Gasteiger partial charge is 0.253 e. The molecule has 4 unspecified atom stereocenters. The van der Waals surface area contributed by atoms with Gasteiger partial charge in [-0.25, -0.2) is 0 Å². The van der Waals surface area contributed by atoms with E-state index < -0.39 is 0 Å². The average molecular weight is 266 g/mol. The molecule has 2 aromatic rings. The van der Waals surface area contributed by atoms with Crippen LogP contribution in [-0.2, 0) is 0 Å². The number of para-hydroxylation sites is 1. The number of carbonyl (C=O) groups is 1. The molecule has 3 heteroatoms. The molecule has 0 saturated heterocycles. The third-order valence-electron chi connectivity index (χ3n) is 5.86. The number of H-pyrrole nitrogens is 1. The highest BCUT2D eigenvalue weighted by Gasteiger charge is 2.65. The van der Waals surface area contributed by atoms with Crippen LogP contribution in [0.15, 0.2) is 30.5 Å². The molecule has 1 heterocycles. The molecule has 0 radical (unpaired) electrons. The van der Waals surface area contributed by atoms with Crippen molar-refractivity contribution < 1.29 is 4.79 Å². The lowest BCUT2D eigenvalue weighted by atomic mass is 10.0. The van der Waals surface area contributed by atoms with Crippen molar-refractivity contribution in [1.82, 2.24) is 10.3 Å². The molecule has 3 fully saturated rings. The number of aromatic amines is 1. The Balaban J connectivity index is 1.40. The molecule has 1 aromatic heterocycles. The van der Waals surface area contributed by atoms with Gasteiger partial charge in [0.1, 0.15) is 0 Å². The van der Waals surface area contributed by atoms with Crippen LogP contribution in [-0.4, -0.2) is 16.9 Å². The average Bonchev–Trinajstić information content (AvgIpc) is 2.92. The van der Waals surface area contributed by atoms with Gasteiger partial charge >= 0.3 is 0 Å². The molecule has 4 atom stereocenters. The molecule has 3 nitrogen and oxygen atoms in total. The Bertz CT molecular complexity index is 688. The van der Waals surface area contributed by atoms with Gasteiger partial charge in [-0.05, 0) is 55.1 Å². The van der Waals surface area contributed by atoms with E-state index in [1.54, 1.807) is 0 Å². The minimum atomic E-state index is 0.0943. The monoisotopic (exact) mass is 266 g/mol. The summed E-state index contributed by atoms with van der Waals surface area (Å²) in [7, 11) is 0. The van der Waals surface area contributed by atoms with Crippen molar-refractivity contribution in [2.24, 2.45) is 23.7 Å². The van der Waals surface area contributed by atoms with Gasteiger partial charge in [0, 0.05) is 17.6 Å². The van der Waals surface area contributed by atoms with Gasteiger partial charge in [0.15, 0.2) is 0 Å². The summed E-state index contributed by atoms with van der Waals surface area (Å²) in [6.45, 7) is 0. The minimum absolute atomic E-state index is 0.0943. The lowest BCUT2D eigenvalue weighted by Crippen LogP contribution is -2.30. The van der Waals surface area contributed by atoms with E-state index in [-0.39, 0.29) is 5.91 Å². The number of carbonyl (C=O) groups excluding carboxylic acids is 1. The number of hydrogen-bond acceptors (Lipinski definition) is 1. The second-order valence-electron chi connectivity index (χ2n) is 6.73. The normalized spacial score (nSPS) is 37.1. The highest BCUT2D eigenvalue weighted by atomic mass is 16.1. The lowest BCUT2D eigenvalue weighted by molar-refractivity contribution is 0.0946. The quantitative estimate of drug-likeness (QED) is 0.862.